The lowest BCUT2D eigenvalue weighted by molar-refractivity contribution is -0.155. The first-order chi connectivity index (χ1) is 10.9. The number of hydrogen-bond acceptors (Lipinski definition) is 9. The van der Waals surface area contributed by atoms with Crippen LogP contribution in [0.2, 0.25) is 0 Å². The molecule has 0 aromatic carbocycles. The minimum atomic E-state index is -0.624. The lowest BCUT2D eigenvalue weighted by atomic mass is 10.2. The van der Waals surface area contributed by atoms with Gasteiger partial charge in [0.05, 0.1) is 5.25 Å². The van der Waals surface area contributed by atoms with Crippen molar-refractivity contribution in [3.63, 3.8) is 0 Å². The van der Waals surface area contributed by atoms with E-state index < -0.39 is 35.9 Å². The summed E-state index contributed by atoms with van der Waals surface area (Å²) in [6, 6.07) is 0. The molecule has 0 amide bonds. The summed E-state index contributed by atoms with van der Waals surface area (Å²) in [4.78, 5) is 37.9. The highest BCUT2D eigenvalue weighted by Gasteiger charge is 2.53. The summed E-state index contributed by atoms with van der Waals surface area (Å²) in [6.45, 7) is 4.13. The Bertz CT molecular complexity index is 720. The third kappa shape index (κ3) is 2.95. The molecule has 2 aliphatic rings. The monoisotopic (exact) mass is 341 g/mol. The molecular formula is C13H15N3O6S. The Morgan fingerprint density at radius 3 is 2.74 bits per heavy atom. The first-order valence-electron chi connectivity index (χ1n) is 6.97. The van der Waals surface area contributed by atoms with Gasteiger partial charge in [0.25, 0.3) is 5.56 Å². The van der Waals surface area contributed by atoms with Gasteiger partial charge >= 0.3 is 11.9 Å². The fourth-order valence-corrected chi connectivity index (χ4v) is 3.82. The molecule has 23 heavy (non-hydrogen) atoms. The summed E-state index contributed by atoms with van der Waals surface area (Å²) in [5.74, 6) is -0.908. The molecule has 0 radical (unpaired) electrons. The van der Waals surface area contributed by atoms with E-state index in [-0.39, 0.29) is 17.6 Å². The molecule has 124 valence electrons. The van der Waals surface area contributed by atoms with Crippen LogP contribution in [-0.4, -0.2) is 50.8 Å². The summed E-state index contributed by atoms with van der Waals surface area (Å²) < 4.78 is 17.7. The minimum Gasteiger partial charge on any atom is -0.463 e. The zero-order chi connectivity index (χ0) is 16.7. The van der Waals surface area contributed by atoms with Gasteiger partial charge in [-0.2, -0.15) is 10.1 Å². The van der Waals surface area contributed by atoms with E-state index in [0.717, 1.165) is 0 Å². The van der Waals surface area contributed by atoms with E-state index in [4.69, 9.17) is 14.2 Å². The number of carbonyl (C=O) groups excluding carboxylic acids is 2. The molecule has 1 fully saturated rings. The largest absolute Gasteiger partial charge is 0.463 e. The molecule has 4 atom stereocenters. The number of hydrogen-bond donors (Lipinski definition) is 0. The molecular weight excluding hydrogens is 326 g/mol. The van der Waals surface area contributed by atoms with Gasteiger partial charge in [0.15, 0.2) is 11.4 Å². The average Bonchev–Trinajstić information content (AvgIpc) is 2.94. The van der Waals surface area contributed by atoms with Gasteiger partial charge in [0.2, 0.25) is 0 Å². The van der Waals surface area contributed by atoms with Gasteiger partial charge in [-0.15, -0.1) is 0 Å². The fourth-order valence-electron chi connectivity index (χ4n) is 2.53. The van der Waals surface area contributed by atoms with Crippen LogP contribution in [0.5, 0.6) is 0 Å². The first-order valence-corrected chi connectivity index (χ1v) is 7.85. The molecule has 0 saturated carbocycles. The molecule has 2 aliphatic heterocycles. The lowest BCUT2D eigenvalue weighted by Crippen LogP contribution is -2.36. The second-order valence-corrected chi connectivity index (χ2v) is 6.40. The first kappa shape index (κ1) is 15.9. The molecule has 3 rings (SSSR count). The molecule has 1 saturated heterocycles. The van der Waals surface area contributed by atoms with Crippen molar-refractivity contribution >= 4 is 23.7 Å². The van der Waals surface area contributed by atoms with E-state index >= 15 is 0 Å². The molecule has 0 N–H and O–H groups in total. The minimum absolute atomic E-state index is 0.0250. The molecule has 0 unspecified atom stereocenters. The van der Waals surface area contributed by atoms with E-state index in [1.807, 2.05) is 0 Å². The van der Waals surface area contributed by atoms with Crippen LogP contribution in [0.1, 0.15) is 25.8 Å². The SMILES string of the molecule is CC(=O)OC[C@H]1O[C@@H]2[C@@H](Sc3nc(=O)c(C)nn32)[C@@H]1OC(C)=O. The number of esters is 2. The molecule has 0 spiro atoms. The number of aromatic nitrogens is 3. The summed E-state index contributed by atoms with van der Waals surface area (Å²) in [7, 11) is 0. The van der Waals surface area contributed by atoms with Crippen molar-refractivity contribution in [3.05, 3.63) is 16.0 Å². The molecule has 3 heterocycles. The van der Waals surface area contributed by atoms with Crippen molar-refractivity contribution in [3.8, 4) is 0 Å². The van der Waals surface area contributed by atoms with Gasteiger partial charge in [-0.1, -0.05) is 11.8 Å². The van der Waals surface area contributed by atoms with E-state index in [1.165, 1.54) is 30.3 Å². The van der Waals surface area contributed by atoms with Crippen LogP contribution in [0.4, 0.5) is 0 Å². The van der Waals surface area contributed by atoms with E-state index in [2.05, 4.69) is 10.1 Å². The van der Waals surface area contributed by atoms with Crippen LogP contribution in [0.3, 0.4) is 0 Å². The van der Waals surface area contributed by atoms with Crippen LogP contribution in [-0.2, 0) is 23.8 Å². The summed E-state index contributed by atoms with van der Waals surface area (Å²) in [6.07, 6.45) is -1.76. The third-order valence-electron chi connectivity index (χ3n) is 3.48. The molecule has 1 aromatic rings. The highest BCUT2D eigenvalue weighted by Crippen LogP contribution is 2.47. The highest BCUT2D eigenvalue weighted by molar-refractivity contribution is 8.00. The standard InChI is InChI=1S/C13H15N3O6S/c1-5-11(19)14-13-16(15-5)12-10(23-13)9(21-7(3)18)8(22-12)4-20-6(2)17/h8-10,12H,4H2,1-3H3/t8-,9-,10+,12-/m1/s1. The van der Waals surface area contributed by atoms with Gasteiger partial charge in [0, 0.05) is 13.8 Å². The number of rotatable bonds is 3. The van der Waals surface area contributed by atoms with Gasteiger partial charge in [-0.05, 0) is 6.92 Å². The normalized spacial score (nSPS) is 28.1. The van der Waals surface area contributed by atoms with Crippen molar-refractivity contribution in [2.75, 3.05) is 6.61 Å². The topological polar surface area (TPSA) is 110 Å². The number of carbonyl (C=O) groups is 2. The Morgan fingerprint density at radius 2 is 2.09 bits per heavy atom. The van der Waals surface area contributed by atoms with Crippen LogP contribution in [0.15, 0.2) is 9.95 Å². The maximum atomic E-state index is 11.6. The fraction of sp³-hybridized carbons (Fsp3) is 0.615. The van der Waals surface area contributed by atoms with Gasteiger partial charge in [-0.3, -0.25) is 14.4 Å². The Kier molecular flexibility index (Phi) is 4.11. The number of ether oxygens (including phenoxy) is 3. The predicted octanol–water partition coefficient (Wildman–Crippen LogP) is -0.187. The lowest BCUT2D eigenvalue weighted by Gasteiger charge is -2.20. The Labute approximate surface area is 135 Å². The summed E-state index contributed by atoms with van der Waals surface area (Å²) in [5, 5.41) is 4.30. The maximum absolute atomic E-state index is 11.6. The second kappa shape index (κ2) is 5.93. The molecule has 0 bridgehead atoms. The van der Waals surface area contributed by atoms with Crippen LogP contribution < -0.4 is 5.56 Å². The van der Waals surface area contributed by atoms with Crippen molar-refractivity contribution in [1.82, 2.24) is 14.8 Å². The Morgan fingerprint density at radius 1 is 1.35 bits per heavy atom. The second-order valence-electron chi connectivity index (χ2n) is 5.25. The van der Waals surface area contributed by atoms with Crippen molar-refractivity contribution in [1.29, 1.82) is 0 Å². The van der Waals surface area contributed by atoms with Gasteiger partial charge in [-0.25, -0.2) is 4.68 Å². The van der Waals surface area contributed by atoms with E-state index in [1.54, 1.807) is 6.92 Å². The van der Waals surface area contributed by atoms with Crippen molar-refractivity contribution in [2.24, 2.45) is 0 Å². The van der Waals surface area contributed by atoms with Gasteiger partial charge in [0.1, 0.15) is 24.5 Å². The number of fused-ring (bicyclic) bond motifs is 3. The molecule has 0 aliphatic carbocycles. The zero-order valence-electron chi connectivity index (χ0n) is 12.7. The Hall–Kier alpha value is -1.94. The van der Waals surface area contributed by atoms with E-state index in [0.29, 0.717) is 5.16 Å². The predicted molar refractivity (Wildman–Crippen MR) is 76.8 cm³/mol. The number of thioether (sulfide) groups is 1. The Balaban J connectivity index is 1.88. The quantitative estimate of drug-likeness (QED) is 0.691. The number of aryl methyl sites for hydroxylation is 1. The van der Waals surface area contributed by atoms with Crippen molar-refractivity contribution in [2.45, 2.75) is 49.6 Å². The summed E-state index contributed by atoms with van der Waals surface area (Å²) >= 11 is 1.26. The van der Waals surface area contributed by atoms with Crippen LogP contribution in [0.25, 0.3) is 0 Å². The summed E-state index contributed by atoms with van der Waals surface area (Å²) in [5.41, 5.74) is -0.143. The third-order valence-corrected chi connectivity index (χ3v) is 4.74. The molecule has 10 heteroatoms. The zero-order valence-corrected chi connectivity index (χ0v) is 13.5. The average molecular weight is 341 g/mol. The molecule has 1 aromatic heterocycles. The molecule has 9 nitrogen and oxygen atoms in total. The van der Waals surface area contributed by atoms with E-state index in [9.17, 15) is 14.4 Å². The van der Waals surface area contributed by atoms with Gasteiger partial charge < -0.3 is 14.2 Å². The van der Waals surface area contributed by atoms with Crippen LogP contribution in [0, 0.1) is 6.92 Å². The van der Waals surface area contributed by atoms with Crippen molar-refractivity contribution < 1.29 is 23.8 Å². The smallest absolute Gasteiger partial charge is 0.303 e. The maximum Gasteiger partial charge on any atom is 0.303 e. The highest BCUT2D eigenvalue weighted by atomic mass is 32.2. The number of nitrogens with zero attached hydrogens (tertiary/aromatic N) is 3. The van der Waals surface area contributed by atoms with Crippen LogP contribution >= 0.6 is 11.8 Å².